The summed E-state index contributed by atoms with van der Waals surface area (Å²) >= 11 is 0. The van der Waals surface area contributed by atoms with Crippen LogP contribution in [0.2, 0.25) is 0 Å². The number of piperazine rings is 1. The van der Waals surface area contributed by atoms with Gasteiger partial charge < -0.3 is 15.5 Å². The molecule has 2 N–H and O–H groups in total. The zero-order chi connectivity index (χ0) is 31.5. The monoisotopic (exact) mass is 588 g/mol. The van der Waals surface area contributed by atoms with E-state index in [1.807, 2.05) is 27.7 Å². The second-order valence-electron chi connectivity index (χ2n) is 12.0. The van der Waals surface area contributed by atoms with Gasteiger partial charge in [-0.15, -0.1) is 0 Å². The maximum Gasteiger partial charge on any atom is 0.290 e. The first-order chi connectivity index (χ1) is 20.3. The number of likely N-dealkylation sites (N-methyl/N-ethyl adjacent to an activating group) is 2. The maximum atomic E-state index is 14.8. The fraction of sp³-hybridized carbons (Fsp3) is 0.406. The van der Waals surface area contributed by atoms with Crippen LogP contribution in [0, 0.1) is 5.82 Å². The van der Waals surface area contributed by atoms with Crippen molar-refractivity contribution < 1.29 is 9.18 Å². The lowest BCUT2D eigenvalue weighted by atomic mass is 9.93. The molecule has 10 nitrogen and oxygen atoms in total. The molecule has 0 aliphatic carbocycles. The molecular formula is C32H41FN8O2. The highest BCUT2D eigenvalue weighted by Gasteiger charge is 2.19. The van der Waals surface area contributed by atoms with Crippen molar-refractivity contribution in [3.8, 4) is 11.3 Å². The summed E-state index contributed by atoms with van der Waals surface area (Å²) in [5.41, 5.74) is 4.64. The van der Waals surface area contributed by atoms with Crippen LogP contribution in [0.3, 0.4) is 0 Å². The average Bonchev–Trinajstić information content (AvgIpc) is 2.97. The van der Waals surface area contributed by atoms with Gasteiger partial charge in [-0.3, -0.25) is 19.5 Å². The number of nitrogens with one attached hydrogen (secondary N) is 2. The molecule has 1 aromatic carbocycles. The smallest absolute Gasteiger partial charge is 0.290 e. The number of carbonyl (C=O) groups is 1. The summed E-state index contributed by atoms with van der Waals surface area (Å²) in [5, 5.41) is 10.4. The van der Waals surface area contributed by atoms with E-state index >= 15 is 0 Å². The summed E-state index contributed by atoms with van der Waals surface area (Å²) in [7, 11) is 5.73. The minimum atomic E-state index is -0.614. The summed E-state index contributed by atoms with van der Waals surface area (Å²) in [6, 6.07) is 5.95. The van der Waals surface area contributed by atoms with Crippen molar-refractivity contribution in [2.45, 2.75) is 46.5 Å². The highest BCUT2D eigenvalue weighted by Crippen LogP contribution is 2.26. The normalized spacial score (nSPS) is 15.8. The molecule has 3 aromatic rings. The standard InChI is InChI=1S/C32H41FN8O2/c1-9-20(2)24(15-22-19-39(6)12-13-40(22)7)36-27-16-25(38-41(8)31(27)43)21-10-11-23(33)26(14-21)37-30(42)28-17-35-29(18-34-28)32(3,4)5/h10-11,14-18,36H,9,12-13,19H2,1-8H3,(H,37,42)/b22-15-,24-20?. The second-order valence-corrected chi connectivity index (χ2v) is 12.0. The summed E-state index contributed by atoms with van der Waals surface area (Å²) in [5.74, 6) is -1.20. The van der Waals surface area contributed by atoms with Crippen molar-refractivity contribution in [2.24, 2.45) is 7.05 Å². The number of hydrogen-bond donors (Lipinski definition) is 2. The minimum Gasteiger partial charge on any atom is -0.375 e. The Kier molecular flexibility index (Phi) is 9.44. The maximum absolute atomic E-state index is 14.8. The highest BCUT2D eigenvalue weighted by atomic mass is 19.1. The predicted octanol–water partition coefficient (Wildman–Crippen LogP) is 4.78. The summed E-state index contributed by atoms with van der Waals surface area (Å²) < 4.78 is 16.1. The molecule has 0 bridgehead atoms. The zero-order valence-corrected chi connectivity index (χ0v) is 26.2. The fourth-order valence-electron chi connectivity index (χ4n) is 4.50. The lowest BCUT2D eigenvalue weighted by molar-refractivity contribution is 0.102. The molecule has 3 heterocycles. The molecular weight excluding hydrogens is 547 g/mol. The number of halogens is 1. The van der Waals surface area contributed by atoms with Crippen LogP contribution in [0.1, 0.15) is 57.2 Å². The van der Waals surface area contributed by atoms with Gasteiger partial charge in [-0.25, -0.2) is 14.1 Å². The van der Waals surface area contributed by atoms with Crippen LogP contribution in [0.4, 0.5) is 15.8 Å². The third-order valence-electron chi connectivity index (χ3n) is 7.54. The van der Waals surface area contributed by atoms with E-state index in [0.717, 1.165) is 48.7 Å². The Bertz CT molecular complexity index is 1620. The molecule has 1 saturated heterocycles. The lowest BCUT2D eigenvalue weighted by Crippen LogP contribution is -2.40. The van der Waals surface area contributed by atoms with Crippen LogP contribution < -0.4 is 16.2 Å². The van der Waals surface area contributed by atoms with Gasteiger partial charge in [-0.2, -0.15) is 5.10 Å². The van der Waals surface area contributed by atoms with Gasteiger partial charge in [0, 0.05) is 62.3 Å². The van der Waals surface area contributed by atoms with Crippen molar-refractivity contribution in [3.63, 3.8) is 0 Å². The van der Waals surface area contributed by atoms with Gasteiger partial charge in [-0.1, -0.05) is 33.3 Å². The van der Waals surface area contributed by atoms with Crippen molar-refractivity contribution in [2.75, 3.05) is 44.4 Å². The van der Waals surface area contributed by atoms with E-state index < -0.39 is 11.7 Å². The Morgan fingerprint density at radius 3 is 2.44 bits per heavy atom. The number of rotatable bonds is 7. The van der Waals surface area contributed by atoms with Gasteiger partial charge in [0.15, 0.2) is 0 Å². The molecule has 0 saturated carbocycles. The first-order valence-corrected chi connectivity index (χ1v) is 14.4. The van der Waals surface area contributed by atoms with E-state index in [1.54, 1.807) is 25.4 Å². The zero-order valence-electron chi connectivity index (χ0n) is 26.2. The SMILES string of the molecule is CCC(C)=C(/C=C1/CN(C)CCN1C)Nc1cc(-c2ccc(F)c(NC(=O)c3cnc(C(C)(C)C)cn3)c2)nn(C)c1=O. The van der Waals surface area contributed by atoms with E-state index in [9.17, 15) is 14.0 Å². The largest absolute Gasteiger partial charge is 0.375 e. The Hall–Kier alpha value is -4.38. The first kappa shape index (κ1) is 31.6. The summed E-state index contributed by atoms with van der Waals surface area (Å²) in [4.78, 5) is 39.1. The van der Waals surface area contributed by atoms with E-state index in [0.29, 0.717) is 16.9 Å². The molecule has 1 amide bonds. The van der Waals surface area contributed by atoms with Gasteiger partial charge in [0.05, 0.1) is 23.3 Å². The number of carbonyl (C=O) groups excluding carboxylic acids is 1. The van der Waals surface area contributed by atoms with Crippen molar-refractivity contribution in [3.05, 3.63) is 87.3 Å². The number of aromatic nitrogens is 4. The van der Waals surface area contributed by atoms with E-state index in [-0.39, 0.29) is 22.4 Å². The molecule has 1 aliphatic heterocycles. The van der Waals surface area contributed by atoms with Crippen LogP contribution >= 0.6 is 0 Å². The van der Waals surface area contributed by atoms with Crippen molar-refractivity contribution >= 4 is 17.3 Å². The van der Waals surface area contributed by atoms with E-state index in [2.05, 4.69) is 62.6 Å². The third kappa shape index (κ3) is 7.53. The van der Waals surface area contributed by atoms with Crippen molar-refractivity contribution in [1.82, 2.24) is 29.5 Å². The minimum absolute atomic E-state index is 0.0361. The molecule has 0 atom stereocenters. The highest BCUT2D eigenvalue weighted by molar-refractivity contribution is 6.03. The quantitative estimate of drug-likeness (QED) is 0.406. The number of aryl methyl sites for hydroxylation is 1. The van der Waals surface area contributed by atoms with Crippen molar-refractivity contribution in [1.29, 1.82) is 0 Å². The number of anilines is 2. The van der Waals surface area contributed by atoms with Gasteiger partial charge >= 0.3 is 0 Å². The molecule has 0 spiro atoms. The number of hydrogen-bond acceptors (Lipinski definition) is 8. The van der Waals surface area contributed by atoms with Crippen LogP contribution in [-0.2, 0) is 12.5 Å². The van der Waals surface area contributed by atoms with Crippen LogP contribution in [0.15, 0.2) is 64.5 Å². The third-order valence-corrected chi connectivity index (χ3v) is 7.54. The van der Waals surface area contributed by atoms with Gasteiger partial charge in [0.2, 0.25) is 0 Å². The van der Waals surface area contributed by atoms with Gasteiger partial charge in [0.25, 0.3) is 11.5 Å². The predicted molar refractivity (Wildman–Crippen MR) is 168 cm³/mol. The molecule has 0 unspecified atom stereocenters. The number of nitrogens with zero attached hydrogens (tertiary/aromatic N) is 6. The lowest BCUT2D eigenvalue weighted by Gasteiger charge is -2.34. The van der Waals surface area contributed by atoms with E-state index in [4.69, 9.17) is 0 Å². The Balaban J connectivity index is 1.64. The number of allylic oxidation sites excluding steroid dienone is 2. The molecule has 43 heavy (non-hydrogen) atoms. The molecule has 2 aromatic heterocycles. The first-order valence-electron chi connectivity index (χ1n) is 14.4. The molecule has 11 heteroatoms. The number of amides is 1. The van der Waals surface area contributed by atoms with Crippen LogP contribution in [0.5, 0.6) is 0 Å². The van der Waals surface area contributed by atoms with E-state index in [1.165, 1.54) is 23.0 Å². The molecule has 1 aliphatic rings. The summed E-state index contributed by atoms with van der Waals surface area (Å²) in [6.45, 7) is 12.8. The Labute approximate surface area is 252 Å². The van der Waals surface area contributed by atoms with Gasteiger partial charge in [-0.05, 0) is 50.7 Å². The average molecular weight is 589 g/mol. The fourth-order valence-corrected chi connectivity index (χ4v) is 4.50. The molecule has 1 fully saturated rings. The van der Waals surface area contributed by atoms with Crippen LogP contribution in [-0.4, -0.2) is 69.2 Å². The molecule has 0 radical (unpaired) electrons. The Morgan fingerprint density at radius 2 is 1.79 bits per heavy atom. The van der Waals surface area contributed by atoms with Gasteiger partial charge in [0.1, 0.15) is 17.2 Å². The second kappa shape index (κ2) is 12.9. The Morgan fingerprint density at radius 1 is 1.05 bits per heavy atom. The number of benzene rings is 1. The summed E-state index contributed by atoms with van der Waals surface area (Å²) in [6.07, 6.45) is 5.82. The molecule has 228 valence electrons. The molecule has 4 rings (SSSR count). The van der Waals surface area contributed by atoms with Crippen LogP contribution in [0.25, 0.3) is 11.3 Å². The topological polar surface area (TPSA) is 108 Å².